The number of aromatic nitrogens is 3. The summed E-state index contributed by atoms with van der Waals surface area (Å²) in [6.07, 6.45) is 6.40. The zero-order valence-electron chi connectivity index (χ0n) is 10.2. The van der Waals surface area contributed by atoms with Gasteiger partial charge in [0.1, 0.15) is 5.69 Å². The summed E-state index contributed by atoms with van der Waals surface area (Å²) in [4.78, 5) is 12.8. The fourth-order valence-corrected chi connectivity index (χ4v) is 1.73. The number of hydrogen-bond donors (Lipinski definition) is 1. The predicted octanol–water partition coefficient (Wildman–Crippen LogP) is 2.69. The second-order valence-electron chi connectivity index (χ2n) is 3.93. The van der Waals surface area contributed by atoms with E-state index in [9.17, 15) is 0 Å². The maximum atomic E-state index is 6.05. The zero-order valence-corrected chi connectivity index (χ0v) is 11.0. The van der Waals surface area contributed by atoms with Crippen LogP contribution >= 0.6 is 11.6 Å². The molecule has 18 heavy (non-hydrogen) atoms. The maximum Gasteiger partial charge on any atom is 0.179 e. The monoisotopic (exact) mass is 262 g/mol. The van der Waals surface area contributed by atoms with Gasteiger partial charge in [0.2, 0.25) is 0 Å². The van der Waals surface area contributed by atoms with Crippen LogP contribution in [-0.4, -0.2) is 21.5 Å². The van der Waals surface area contributed by atoms with Gasteiger partial charge in [-0.05, 0) is 25.1 Å². The number of halogens is 1. The molecule has 0 atom stereocenters. The smallest absolute Gasteiger partial charge is 0.179 e. The van der Waals surface area contributed by atoms with Crippen LogP contribution in [0, 0.1) is 0 Å². The normalized spacial score (nSPS) is 10.6. The van der Waals surface area contributed by atoms with Crippen LogP contribution in [-0.2, 0) is 6.54 Å². The van der Waals surface area contributed by atoms with Crippen LogP contribution in [0.2, 0.25) is 5.02 Å². The Hall–Kier alpha value is -1.52. The summed E-state index contributed by atoms with van der Waals surface area (Å²) < 4.78 is 0. The van der Waals surface area contributed by atoms with Gasteiger partial charge in [0.15, 0.2) is 5.82 Å². The topological polar surface area (TPSA) is 50.7 Å². The van der Waals surface area contributed by atoms with Crippen molar-refractivity contribution in [1.82, 2.24) is 20.3 Å². The predicted molar refractivity (Wildman–Crippen MR) is 72.3 cm³/mol. The van der Waals surface area contributed by atoms with Crippen molar-refractivity contribution in [3.63, 3.8) is 0 Å². The fourth-order valence-electron chi connectivity index (χ4n) is 1.53. The first-order valence-corrected chi connectivity index (χ1v) is 6.31. The first-order chi connectivity index (χ1) is 8.81. The summed E-state index contributed by atoms with van der Waals surface area (Å²) in [5.41, 5.74) is 1.67. The third kappa shape index (κ3) is 3.24. The van der Waals surface area contributed by atoms with Crippen LogP contribution in [0.25, 0.3) is 11.5 Å². The molecule has 0 aliphatic carbocycles. The number of rotatable bonds is 5. The van der Waals surface area contributed by atoms with E-state index in [0.29, 0.717) is 16.5 Å². The van der Waals surface area contributed by atoms with Crippen LogP contribution in [0.3, 0.4) is 0 Å². The summed E-state index contributed by atoms with van der Waals surface area (Å²) >= 11 is 6.05. The first-order valence-electron chi connectivity index (χ1n) is 5.93. The second-order valence-corrected chi connectivity index (χ2v) is 4.33. The standard InChI is InChI=1S/C13H15ClN4/c1-2-5-15-7-10-8-17-13(18-9-10)12-11(14)4-3-6-16-12/h3-4,6,8-9,15H,2,5,7H2,1H3. The summed E-state index contributed by atoms with van der Waals surface area (Å²) in [7, 11) is 0. The Bertz CT molecular complexity index is 499. The van der Waals surface area contributed by atoms with Crippen molar-refractivity contribution in [2.24, 2.45) is 0 Å². The molecule has 0 bridgehead atoms. The molecule has 0 aromatic carbocycles. The minimum atomic E-state index is 0.555. The minimum absolute atomic E-state index is 0.555. The zero-order chi connectivity index (χ0) is 12.8. The first kappa shape index (κ1) is 12.9. The van der Waals surface area contributed by atoms with Crippen molar-refractivity contribution in [2.75, 3.05) is 6.54 Å². The lowest BCUT2D eigenvalue weighted by Gasteiger charge is -2.04. The van der Waals surface area contributed by atoms with Crippen molar-refractivity contribution in [2.45, 2.75) is 19.9 Å². The van der Waals surface area contributed by atoms with E-state index in [1.54, 1.807) is 30.7 Å². The lowest BCUT2D eigenvalue weighted by Crippen LogP contribution is -2.14. The van der Waals surface area contributed by atoms with Crippen molar-refractivity contribution >= 4 is 11.6 Å². The molecule has 0 saturated heterocycles. The highest BCUT2D eigenvalue weighted by Gasteiger charge is 2.06. The van der Waals surface area contributed by atoms with E-state index >= 15 is 0 Å². The van der Waals surface area contributed by atoms with Crippen molar-refractivity contribution < 1.29 is 0 Å². The fraction of sp³-hybridized carbons (Fsp3) is 0.308. The molecule has 0 unspecified atom stereocenters. The Morgan fingerprint density at radius 1 is 1.22 bits per heavy atom. The van der Waals surface area contributed by atoms with Crippen molar-refractivity contribution in [1.29, 1.82) is 0 Å². The van der Waals surface area contributed by atoms with Gasteiger partial charge in [-0.15, -0.1) is 0 Å². The average Bonchev–Trinajstić information content (AvgIpc) is 2.41. The highest BCUT2D eigenvalue weighted by Crippen LogP contribution is 2.21. The van der Waals surface area contributed by atoms with E-state index in [0.717, 1.165) is 25.1 Å². The van der Waals surface area contributed by atoms with Gasteiger partial charge in [-0.2, -0.15) is 0 Å². The second kappa shape index (κ2) is 6.42. The van der Waals surface area contributed by atoms with Crippen LogP contribution < -0.4 is 5.32 Å². The summed E-state index contributed by atoms with van der Waals surface area (Å²) in [6, 6.07) is 3.57. The third-order valence-corrected chi connectivity index (χ3v) is 2.74. The van der Waals surface area contributed by atoms with E-state index in [1.807, 2.05) is 0 Å². The van der Waals surface area contributed by atoms with Gasteiger partial charge in [-0.25, -0.2) is 9.97 Å². The molecule has 1 N–H and O–H groups in total. The molecule has 4 nitrogen and oxygen atoms in total. The molecular weight excluding hydrogens is 248 g/mol. The number of hydrogen-bond acceptors (Lipinski definition) is 4. The highest BCUT2D eigenvalue weighted by atomic mass is 35.5. The van der Waals surface area contributed by atoms with Gasteiger partial charge in [0, 0.05) is 30.7 Å². The summed E-state index contributed by atoms with van der Waals surface area (Å²) in [5, 5.41) is 3.86. The quantitative estimate of drug-likeness (QED) is 0.842. The molecule has 94 valence electrons. The molecule has 0 fully saturated rings. The molecule has 0 radical (unpaired) electrons. The van der Waals surface area contributed by atoms with Crippen molar-refractivity contribution in [3.8, 4) is 11.5 Å². The molecule has 2 heterocycles. The van der Waals surface area contributed by atoms with E-state index in [4.69, 9.17) is 11.6 Å². The molecule has 2 rings (SSSR count). The van der Waals surface area contributed by atoms with Gasteiger partial charge in [0.25, 0.3) is 0 Å². The lowest BCUT2D eigenvalue weighted by molar-refractivity contribution is 0.672. The number of pyridine rings is 1. The number of nitrogens with one attached hydrogen (secondary N) is 1. The summed E-state index contributed by atoms with van der Waals surface area (Å²) in [5.74, 6) is 0.555. The van der Waals surface area contributed by atoms with E-state index < -0.39 is 0 Å². The molecular formula is C13H15ClN4. The maximum absolute atomic E-state index is 6.05. The molecule has 5 heteroatoms. The Morgan fingerprint density at radius 2 is 2.00 bits per heavy atom. The molecule has 0 aliphatic rings. The Balaban J connectivity index is 2.10. The summed E-state index contributed by atoms with van der Waals surface area (Å²) in [6.45, 7) is 3.91. The van der Waals surface area contributed by atoms with E-state index in [2.05, 4.69) is 27.2 Å². The van der Waals surface area contributed by atoms with Crippen LogP contribution in [0.15, 0.2) is 30.7 Å². The van der Waals surface area contributed by atoms with Crippen LogP contribution in [0.1, 0.15) is 18.9 Å². The van der Waals surface area contributed by atoms with Crippen LogP contribution in [0.5, 0.6) is 0 Å². The van der Waals surface area contributed by atoms with Gasteiger partial charge in [-0.3, -0.25) is 4.98 Å². The Kier molecular flexibility index (Phi) is 4.61. The lowest BCUT2D eigenvalue weighted by atomic mass is 10.3. The Morgan fingerprint density at radius 3 is 2.67 bits per heavy atom. The SMILES string of the molecule is CCCNCc1cnc(-c2ncccc2Cl)nc1. The highest BCUT2D eigenvalue weighted by molar-refractivity contribution is 6.32. The molecule has 2 aromatic rings. The Labute approximate surface area is 111 Å². The van der Waals surface area contributed by atoms with E-state index in [1.165, 1.54) is 0 Å². The molecule has 0 amide bonds. The minimum Gasteiger partial charge on any atom is -0.313 e. The van der Waals surface area contributed by atoms with E-state index in [-0.39, 0.29) is 0 Å². The average molecular weight is 263 g/mol. The molecule has 0 spiro atoms. The molecule has 0 saturated carbocycles. The third-order valence-electron chi connectivity index (χ3n) is 2.43. The van der Waals surface area contributed by atoms with Gasteiger partial charge in [0.05, 0.1) is 5.02 Å². The van der Waals surface area contributed by atoms with Gasteiger partial charge >= 0.3 is 0 Å². The largest absolute Gasteiger partial charge is 0.313 e. The van der Waals surface area contributed by atoms with Gasteiger partial charge in [-0.1, -0.05) is 18.5 Å². The van der Waals surface area contributed by atoms with Crippen molar-refractivity contribution in [3.05, 3.63) is 41.3 Å². The number of nitrogens with zero attached hydrogens (tertiary/aromatic N) is 3. The molecule has 2 aromatic heterocycles. The van der Waals surface area contributed by atoms with Gasteiger partial charge < -0.3 is 5.32 Å². The molecule has 0 aliphatic heterocycles. The van der Waals surface area contributed by atoms with Crippen LogP contribution in [0.4, 0.5) is 0 Å².